The Morgan fingerprint density at radius 1 is 0.676 bits per heavy atom. The predicted octanol–water partition coefficient (Wildman–Crippen LogP) is 9.70. The van der Waals surface area contributed by atoms with Crippen LogP contribution >= 0.6 is 0 Å². The number of hydrogen-bond acceptors (Lipinski definition) is 0. The van der Waals surface area contributed by atoms with Gasteiger partial charge in [-0.1, -0.05) is 154 Å². The highest BCUT2D eigenvalue weighted by atomic mass is 28.4. The number of allylic oxidation sites excluding steroid dienone is 8. The van der Waals surface area contributed by atoms with Crippen molar-refractivity contribution in [3.63, 3.8) is 0 Å². The molecule has 182 valence electrons. The molecule has 0 bridgehead atoms. The Labute approximate surface area is 214 Å². The van der Waals surface area contributed by atoms with Gasteiger partial charge in [0.25, 0.3) is 0 Å². The standard InChI is InChI=1S/C30H46Si4/c1-31(2,3)24-29(33(7,8)27-18-11-12-19-27)26-17-15-16-25(22-26)23-30(32(4,5)6)34(9,10)28-20-13-14-21-28/h11-24,27-28H,1-10H3/b29-24+,30-23+. The fourth-order valence-electron chi connectivity index (χ4n) is 5.59. The van der Waals surface area contributed by atoms with E-state index in [1.54, 1.807) is 10.0 Å². The Hall–Kier alpha value is -1.47. The third-order valence-electron chi connectivity index (χ3n) is 7.45. The highest BCUT2D eigenvalue weighted by Gasteiger charge is 2.39. The van der Waals surface area contributed by atoms with E-state index in [1.807, 2.05) is 0 Å². The average Bonchev–Trinajstić information content (AvgIpc) is 3.43. The molecule has 0 atom stereocenters. The molecule has 0 heterocycles. The van der Waals surface area contributed by atoms with Crippen molar-refractivity contribution in [2.75, 3.05) is 0 Å². The minimum atomic E-state index is -1.71. The van der Waals surface area contributed by atoms with Gasteiger partial charge in [-0.05, 0) is 28.3 Å². The van der Waals surface area contributed by atoms with Crippen molar-refractivity contribution in [2.45, 2.75) is 76.6 Å². The number of hydrogen-bond donors (Lipinski definition) is 0. The molecule has 0 amide bonds. The van der Waals surface area contributed by atoms with E-state index in [2.05, 4.69) is 150 Å². The summed E-state index contributed by atoms with van der Waals surface area (Å²) in [5.41, 5.74) is 6.75. The van der Waals surface area contributed by atoms with E-state index in [9.17, 15) is 0 Å². The van der Waals surface area contributed by atoms with Crippen LogP contribution in [0.3, 0.4) is 0 Å². The zero-order valence-electron chi connectivity index (χ0n) is 23.2. The molecule has 0 saturated heterocycles. The van der Waals surface area contributed by atoms with Crippen molar-refractivity contribution in [3.8, 4) is 0 Å². The van der Waals surface area contributed by atoms with Crippen molar-refractivity contribution in [2.24, 2.45) is 0 Å². The van der Waals surface area contributed by atoms with Crippen molar-refractivity contribution in [1.82, 2.24) is 0 Å². The van der Waals surface area contributed by atoms with Crippen LogP contribution < -0.4 is 0 Å². The molecule has 34 heavy (non-hydrogen) atoms. The van der Waals surface area contributed by atoms with Crippen molar-refractivity contribution < 1.29 is 0 Å². The van der Waals surface area contributed by atoms with Crippen LogP contribution in [0, 0.1) is 0 Å². The van der Waals surface area contributed by atoms with Gasteiger partial charge in [-0.25, -0.2) is 0 Å². The maximum Gasteiger partial charge on any atom is 0.0910 e. The molecule has 0 spiro atoms. The molecule has 0 aliphatic heterocycles. The van der Waals surface area contributed by atoms with Crippen LogP contribution in [0.4, 0.5) is 0 Å². The molecule has 0 unspecified atom stereocenters. The summed E-state index contributed by atoms with van der Waals surface area (Å²) in [7, 11) is -6.19. The summed E-state index contributed by atoms with van der Waals surface area (Å²) in [5.74, 6) is 0. The molecular weight excluding hydrogens is 473 g/mol. The third-order valence-corrected chi connectivity index (χ3v) is 22.3. The minimum absolute atomic E-state index is 0.583. The van der Waals surface area contributed by atoms with Gasteiger partial charge in [-0.15, -0.1) is 0 Å². The smallest absolute Gasteiger partial charge is 0.0910 e. The first-order valence-corrected chi connectivity index (χ1v) is 26.1. The van der Waals surface area contributed by atoms with E-state index in [0.717, 1.165) is 0 Å². The van der Waals surface area contributed by atoms with Gasteiger partial charge in [0.15, 0.2) is 0 Å². The van der Waals surface area contributed by atoms with Gasteiger partial charge in [0.05, 0.1) is 32.3 Å². The second-order valence-corrected chi connectivity index (χ2v) is 33.2. The maximum absolute atomic E-state index is 2.70. The summed E-state index contributed by atoms with van der Waals surface area (Å²) in [5, 5.41) is 1.65. The van der Waals surface area contributed by atoms with E-state index in [1.165, 1.54) is 11.1 Å². The highest BCUT2D eigenvalue weighted by Crippen LogP contribution is 2.41. The second-order valence-electron chi connectivity index (χ2n) is 13.4. The highest BCUT2D eigenvalue weighted by molar-refractivity contribution is 7.06. The van der Waals surface area contributed by atoms with E-state index in [4.69, 9.17) is 0 Å². The quantitative estimate of drug-likeness (QED) is 0.300. The van der Waals surface area contributed by atoms with E-state index in [-0.39, 0.29) is 0 Å². The molecule has 0 fully saturated rings. The zero-order chi connectivity index (χ0) is 25.4. The Bertz CT molecular complexity index is 1060. The summed E-state index contributed by atoms with van der Waals surface area (Å²) in [6.07, 6.45) is 21.3. The summed E-state index contributed by atoms with van der Waals surface area (Å²) in [4.78, 5) is 1.78. The first kappa shape index (κ1) is 27.1. The van der Waals surface area contributed by atoms with Crippen LogP contribution in [0.15, 0.2) is 83.4 Å². The van der Waals surface area contributed by atoms with Crippen LogP contribution in [0.2, 0.25) is 76.6 Å². The predicted molar refractivity (Wildman–Crippen MR) is 168 cm³/mol. The monoisotopic (exact) mass is 518 g/mol. The Balaban J connectivity index is 2.12. The Kier molecular flexibility index (Phi) is 7.88. The van der Waals surface area contributed by atoms with Crippen LogP contribution in [-0.4, -0.2) is 32.3 Å². The molecule has 0 saturated carbocycles. The lowest BCUT2D eigenvalue weighted by atomic mass is 10.1. The van der Waals surface area contributed by atoms with E-state index < -0.39 is 32.3 Å². The van der Waals surface area contributed by atoms with Crippen molar-refractivity contribution >= 4 is 43.6 Å². The molecule has 0 aromatic heterocycles. The first-order chi connectivity index (χ1) is 15.6. The molecular formula is C30H46Si4. The zero-order valence-corrected chi connectivity index (χ0v) is 27.2. The van der Waals surface area contributed by atoms with E-state index in [0.29, 0.717) is 11.1 Å². The SMILES string of the molecule is C[Si](C)(C)/C=C(\c1cccc(/C=C(\[Si](C)(C)C)[Si](C)(C)C2C=CC=C2)c1)[Si](C)(C)C1C=CC=C1. The van der Waals surface area contributed by atoms with Gasteiger partial charge in [0.1, 0.15) is 0 Å². The van der Waals surface area contributed by atoms with Gasteiger partial charge in [-0.2, -0.15) is 0 Å². The third kappa shape index (κ3) is 6.20. The lowest BCUT2D eigenvalue weighted by molar-refractivity contribution is 1.30. The van der Waals surface area contributed by atoms with Gasteiger partial charge < -0.3 is 0 Å². The molecule has 0 radical (unpaired) electrons. The number of benzene rings is 1. The second kappa shape index (κ2) is 9.88. The molecule has 0 N–H and O–H groups in total. The topological polar surface area (TPSA) is 0 Å². The van der Waals surface area contributed by atoms with Crippen LogP contribution in [0.1, 0.15) is 11.1 Å². The lowest BCUT2D eigenvalue weighted by Gasteiger charge is -2.37. The van der Waals surface area contributed by atoms with Crippen molar-refractivity contribution in [1.29, 1.82) is 0 Å². The molecule has 1 aromatic carbocycles. The summed E-state index contributed by atoms with van der Waals surface area (Å²) >= 11 is 0. The lowest BCUT2D eigenvalue weighted by Crippen LogP contribution is -2.44. The number of rotatable bonds is 8. The largest absolute Gasteiger partial charge is 0.0951 e. The maximum atomic E-state index is 2.70. The summed E-state index contributed by atoms with van der Waals surface area (Å²) < 4.78 is 0. The Morgan fingerprint density at radius 3 is 1.65 bits per heavy atom. The molecule has 2 aliphatic carbocycles. The van der Waals surface area contributed by atoms with E-state index >= 15 is 0 Å². The fourth-order valence-corrected chi connectivity index (χ4v) is 22.8. The molecule has 2 aliphatic rings. The summed E-state index contributed by atoms with van der Waals surface area (Å²) in [6, 6.07) is 9.52. The fraction of sp³-hybridized carbons (Fsp3) is 0.400. The average molecular weight is 519 g/mol. The minimum Gasteiger partial charge on any atom is -0.0951 e. The first-order valence-electron chi connectivity index (χ1n) is 12.9. The van der Waals surface area contributed by atoms with Crippen LogP contribution in [-0.2, 0) is 0 Å². The van der Waals surface area contributed by atoms with Crippen LogP contribution in [0.5, 0.6) is 0 Å². The molecule has 3 rings (SSSR count). The molecule has 0 nitrogen and oxygen atoms in total. The van der Waals surface area contributed by atoms with Crippen molar-refractivity contribution in [3.05, 3.63) is 94.5 Å². The van der Waals surface area contributed by atoms with Gasteiger partial charge in [0.2, 0.25) is 0 Å². The van der Waals surface area contributed by atoms with Gasteiger partial charge >= 0.3 is 0 Å². The van der Waals surface area contributed by atoms with Gasteiger partial charge in [0, 0.05) is 0 Å². The summed E-state index contributed by atoms with van der Waals surface area (Å²) in [6.45, 7) is 25.3. The molecule has 4 heteroatoms. The Morgan fingerprint density at radius 2 is 1.18 bits per heavy atom. The molecule has 1 aromatic rings. The van der Waals surface area contributed by atoms with Crippen LogP contribution in [0.25, 0.3) is 11.3 Å². The van der Waals surface area contributed by atoms with Gasteiger partial charge in [-0.3, -0.25) is 0 Å². The normalized spacial score (nSPS) is 18.5.